The summed E-state index contributed by atoms with van der Waals surface area (Å²) in [6.45, 7) is 2.02. The zero-order valence-electron chi connectivity index (χ0n) is 14.8. The van der Waals surface area contributed by atoms with Gasteiger partial charge in [0.15, 0.2) is 0 Å². The van der Waals surface area contributed by atoms with Crippen LogP contribution in [0.3, 0.4) is 0 Å². The van der Waals surface area contributed by atoms with Gasteiger partial charge >= 0.3 is 0 Å². The lowest BCUT2D eigenvalue weighted by Gasteiger charge is -2.03. The molecule has 1 heterocycles. The maximum atomic E-state index is 11.1. The Hall–Kier alpha value is -3.50. The van der Waals surface area contributed by atoms with Crippen molar-refractivity contribution in [1.82, 2.24) is 9.78 Å². The van der Waals surface area contributed by atoms with Gasteiger partial charge in [-0.25, -0.2) is 0 Å². The van der Waals surface area contributed by atoms with Crippen molar-refractivity contribution in [1.29, 1.82) is 5.26 Å². The number of aryl methyl sites for hydroxylation is 1. The van der Waals surface area contributed by atoms with Gasteiger partial charge in [0.1, 0.15) is 18.8 Å². The lowest BCUT2D eigenvalue weighted by Crippen LogP contribution is -2.80. The maximum Gasteiger partial charge on any atom is 0.270 e. The predicted octanol–water partition coefficient (Wildman–Crippen LogP) is 2.64. The second kappa shape index (κ2) is 8.74. The first-order valence-electron chi connectivity index (χ1n) is 8.71. The highest BCUT2D eigenvalue weighted by Crippen LogP contribution is 2.25. The summed E-state index contributed by atoms with van der Waals surface area (Å²) in [6.07, 6.45) is 2.29. The van der Waals surface area contributed by atoms with Crippen molar-refractivity contribution in [3.8, 4) is 17.3 Å². The summed E-state index contributed by atoms with van der Waals surface area (Å²) in [5.41, 5.74) is 3.69. The Morgan fingerprint density at radius 2 is 1.96 bits per heavy atom. The summed E-state index contributed by atoms with van der Waals surface area (Å²) in [7, 11) is 0. The number of nitrogens with zero attached hydrogens (tertiary/aromatic N) is 4. The van der Waals surface area contributed by atoms with Gasteiger partial charge in [0.25, 0.3) is 5.69 Å². The number of rotatable bonds is 8. The van der Waals surface area contributed by atoms with Crippen LogP contribution in [-0.4, -0.2) is 14.7 Å². The summed E-state index contributed by atoms with van der Waals surface area (Å²) in [5.74, 6) is 0. The molecular formula is C20H20N5O2+. The molecule has 0 spiro atoms. The van der Waals surface area contributed by atoms with Gasteiger partial charge in [-0.1, -0.05) is 42.5 Å². The molecular weight excluding hydrogens is 342 g/mol. The standard InChI is InChI=1S/C20H19N5O2/c21-10-5-11-24-15-18(14-22-13-16-6-2-1-3-7-16)20(23-24)17-8-4-9-19(12-17)25(26)27/h1-4,6-9,12,15,22H,5,11,13-14H2/p+1. The molecule has 0 aliphatic heterocycles. The first-order valence-corrected chi connectivity index (χ1v) is 8.71. The Kier molecular flexibility index (Phi) is 5.92. The first-order chi connectivity index (χ1) is 13.2. The fourth-order valence-electron chi connectivity index (χ4n) is 2.91. The van der Waals surface area contributed by atoms with Gasteiger partial charge in [0, 0.05) is 29.5 Å². The van der Waals surface area contributed by atoms with E-state index in [-0.39, 0.29) is 5.69 Å². The molecule has 3 rings (SSSR count). The van der Waals surface area contributed by atoms with Gasteiger partial charge in [0.05, 0.1) is 29.5 Å². The number of hydrogen-bond acceptors (Lipinski definition) is 4. The Morgan fingerprint density at radius 3 is 2.70 bits per heavy atom. The van der Waals surface area contributed by atoms with E-state index in [1.165, 1.54) is 17.7 Å². The molecule has 2 N–H and O–H groups in total. The fraction of sp³-hybridized carbons (Fsp3) is 0.200. The Labute approximate surface area is 157 Å². The van der Waals surface area contributed by atoms with E-state index in [2.05, 4.69) is 28.6 Å². The molecule has 0 aliphatic rings. The summed E-state index contributed by atoms with van der Waals surface area (Å²) in [4.78, 5) is 10.7. The molecule has 0 fully saturated rings. The minimum atomic E-state index is -0.405. The van der Waals surface area contributed by atoms with Crippen molar-refractivity contribution in [3.05, 3.63) is 82.0 Å². The topological polar surface area (TPSA) is 101 Å². The van der Waals surface area contributed by atoms with Crippen molar-refractivity contribution in [2.75, 3.05) is 0 Å². The molecule has 0 aliphatic carbocycles. The molecule has 136 valence electrons. The van der Waals surface area contributed by atoms with Crippen LogP contribution >= 0.6 is 0 Å². The van der Waals surface area contributed by atoms with Crippen LogP contribution in [0.15, 0.2) is 60.8 Å². The molecule has 0 saturated carbocycles. The second-order valence-corrected chi connectivity index (χ2v) is 6.16. The van der Waals surface area contributed by atoms with Crippen molar-refractivity contribution >= 4 is 5.69 Å². The molecule has 0 saturated heterocycles. The van der Waals surface area contributed by atoms with Gasteiger partial charge < -0.3 is 5.32 Å². The quantitative estimate of drug-likeness (QED) is 0.491. The fourth-order valence-corrected chi connectivity index (χ4v) is 2.91. The summed E-state index contributed by atoms with van der Waals surface area (Å²) in [5, 5.41) is 26.6. The summed E-state index contributed by atoms with van der Waals surface area (Å²) < 4.78 is 1.74. The molecule has 0 radical (unpaired) electrons. The molecule has 7 nitrogen and oxygen atoms in total. The van der Waals surface area contributed by atoms with Gasteiger partial charge in [0.2, 0.25) is 0 Å². The summed E-state index contributed by atoms with van der Waals surface area (Å²) in [6, 6.07) is 18.8. The minimum Gasteiger partial charge on any atom is -0.339 e. The van der Waals surface area contributed by atoms with E-state index in [0.717, 1.165) is 17.8 Å². The highest BCUT2D eigenvalue weighted by Gasteiger charge is 2.15. The lowest BCUT2D eigenvalue weighted by molar-refractivity contribution is -0.686. The molecule has 0 atom stereocenters. The largest absolute Gasteiger partial charge is 0.339 e. The van der Waals surface area contributed by atoms with E-state index in [9.17, 15) is 10.1 Å². The number of aromatic nitrogens is 2. The SMILES string of the molecule is N#CCCn1cc(C[NH2+]Cc2ccccc2)c(-c2cccc([N+](=O)[O-])c2)n1. The molecule has 1 aromatic heterocycles. The number of non-ortho nitro benzene ring substituents is 1. The molecule has 27 heavy (non-hydrogen) atoms. The number of nitrogens with two attached hydrogens (primary N) is 1. The summed E-state index contributed by atoms with van der Waals surface area (Å²) >= 11 is 0. The van der Waals surface area contributed by atoms with Crippen LogP contribution in [0.25, 0.3) is 11.3 Å². The molecule has 0 bridgehead atoms. The predicted molar refractivity (Wildman–Crippen MR) is 100 cm³/mol. The average Bonchev–Trinajstić information content (AvgIpc) is 3.10. The average molecular weight is 362 g/mol. The second-order valence-electron chi connectivity index (χ2n) is 6.16. The van der Waals surface area contributed by atoms with E-state index in [0.29, 0.717) is 25.1 Å². The van der Waals surface area contributed by atoms with Gasteiger partial charge in [-0.05, 0) is 0 Å². The monoisotopic (exact) mass is 362 g/mol. The molecule has 0 amide bonds. The number of nitro groups is 1. The van der Waals surface area contributed by atoms with Crippen LogP contribution in [0.5, 0.6) is 0 Å². The Balaban J connectivity index is 1.83. The van der Waals surface area contributed by atoms with E-state index in [1.807, 2.05) is 30.5 Å². The molecule has 2 aromatic carbocycles. The number of nitriles is 1. The van der Waals surface area contributed by atoms with Crippen LogP contribution in [0.4, 0.5) is 5.69 Å². The van der Waals surface area contributed by atoms with Crippen molar-refractivity contribution < 1.29 is 10.2 Å². The van der Waals surface area contributed by atoms with E-state index in [1.54, 1.807) is 10.7 Å². The van der Waals surface area contributed by atoms with Gasteiger partial charge in [-0.3, -0.25) is 14.8 Å². The minimum absolute atomic E-state index is 0.0401. The van der Waals surface area contributed by atoms with Crippen molar-refractivity contribution in [2.24, 2.45) is 0 Å². The van der Waals surface area contributed by atoms with Crippen LogP contribution in [0.1, 0.15) is 17.5 Å². The van der Waals surface area contributed by atoms with Crippen molar-refractivity contribution in [2.45, 2.75) is 26.1 Å². The normalized spacial score (nSPS) is 10.5. The van der Waals surface area contributed by atoms with Gasteiger partial charge in [-0.15, -0.1) is 0 Å². The van der Waals surface area contributed by atoms with Crippen LogP contribution in [0, 0.1) is 21.4 Å². The van der Waals surface area contributed by atoms with Crippen LogP contribution in [0.2, 0.25) is 0 Å². The zero-order chi connectivity index (χ0) is 19.1. The maximum absolute atomic E-state index is 11.1. The highest BCUT2D eigenvalue weighted by atomic mass is 16.6. The van der Waals surface area contributed by atoms with E-state index < -0.39 is 4.92 Å². The van der Waals surface area contributed by atoms with Gasteiger partial charge in [-0.2, -0.15) is 10.4 Å². The number of benzene rings is 2. The number of nitro benzene ring substituents is 1. The molecule has 3 aromatic rings. The third-order valence-corrected chi connectivity index (χ3v) is 4.21. The third-order valence-electron chi connectivity index (χ3n) is 4.21. The van der Waals surface area contributed by atoms with E-state index >= 15 is 0 Å². The molecule has 7 heteroatoms. The van der Waals surface area contributed by atoms with Crippen LogP contribution in [-0.2, 0) is 19.6 Å². The molecule has 0 unspecified atom stereocenters. The smallest absolute Gasteiger partial charge is 0.270 e. The lowest BCUT2D eigenvalue weighted by atomic mass is 10.1. The highest BCUT2D eigenvalue weighted by molar-refractivity contribution is 5.65. The Morgan fingerprint density at radius 1 is 1.15 bits per heavy atom. The van der Waals surface area contributed by atoms with Crippen LogP contribution < -0.4 is 5.32 Å². The Bertz CT molecular complexity index is 960. The number of quaternary nitrogens is 1. The first kappa shape index (κ1) is 18.3. The third kappa shape index (κ3) is 4.77. The zero-order valence-corrected chi connectivity index (χ0v) is 14.8. The van der Waals surface area contributed by atoms with E-state index in [4.69, 9.17) is 5.26 Å². The number of hydrogen-bond donors (Lipinski definition) is 1. The van der Waals surface area contributed by atoms with Crippen molar-refractivity contribution in [3.63, 3.8) is 0 Å².